The molecule has 0 aliphatic heterocycles. The van der Waals surface area contributed by atoms with E-state index in [1.807, 2.05) is 6.07 Å². The van der Waals surface area contributed by atoms with Gasteiger partial charge < -0.3 is 5.32 Å². The maximum atomic E-state index is 13.9. The number of hydrogen-bond donors (Lipinski definition) is 1. The van der Waals surface area contributed by atoms with E-state index in [0.29, 0.717) is 22.5 Å². The Morgan fingerprint density at radius 3 is 2.76 bits per heavy atom. The summed E-state index contributed by atoms with van der Waals surface area (Å²) >= 11 is 0. The quantitative estimate of drug-likeness (QED) is 0.916. The molecule has 6 heteroatoms. The third-order valence-electron chi connectivity index (χ3n) is 3.87. The number of halogens is 3. The minimum absolute atomic E-state index is 0.111. The second-order valence-electron chi connectivity index (χ2n) is 5.33. The van der Waals surface area contributed by atoms with Crippen molar-refractivity contribution < 1.29 is 13.2 Å². The molecule has 0 spiro atoms. The lowest BCUT2D eigenvalue weighted by atomic mass is 10.0. The fourth-order valence-corrected chi connectivity index (χ4v) is 2.68. The third-order valence-corrected chi connectivity index (χ3v) is 3.87. The SMILES string of the molecule is CNCc1ccc([C@@H]2C[C@H]2c2ccn(C(F)F)n2)cc1F. The predicted molar refractivity (Wildman–Crippen MR) is 72.7 cm³/mol. The van der Waals surface area contributed by atoms with Gasteiger partial charge in [-0.25, -0.2) is 9.07 Å². The zero-order chi connectivity index (χ0) is 15.0. The van der Waals surface area contributed by atoms with Crippen LogP contribution >= 0.6 is 0 Å². The molecule has 1 aliphatic rings. The van der Waals surface area contributed by atoms with Gasteiger partial charge in [0.05, 0.1) is 5.69 Å². The van der Waals surface area contributed by atoms with Crippen LogP contribution in [0.2, 0.25) is 0 Å². The van der Waals surface area contributed by atoms with Crippen LogP contribution in [0.4, 0.5) is 13.2 Å². The number of nitrogens with zero attached hydrogens (tertiary/aromatic N) is 2. The lowest BCUT2D eigenvalue weighted by Gasteiger charge is -2.05. The molecule has 1 N–H and O–H groups in total. The molecule has 2 aromatic rings. The Labute approximate surface area is 120 Å². The molecule has 112 valence electrons. The van der Waals surface area contributed by atoms with Crippen molar-refractivity contribution in [2.24, 2.45) is 0 Å². The van der Waals surface area contributed by atoms with Gasteiger partial charge in [0.25, 0.3) is 0 Å². The van der Waals surface area contributed by atoms with Crippen molar-refractivity contribution in [3.63, 3.8) is 0 Å². The van der Waals surface area contributed by atoms with Gasteiger partial charge in [-0.2, -0.15) is 13.9 Å². The summed E-state index contributed by atoms with van der Waals surface area (Å²) in [6.07, 6.45) is 2.11. The Bertz CT molecular complexity index is 639. The van der Waals surface area contributed by atoms with E-state index in [9.17, 15) is 13.2 Å². The van der Waals surface area contributed by atoms with Crippen LogP contribution in [-0.4, -0.2) is 16.8 Å². The Hall–Kier alpha value is -1.82. The second kappa shape index (κ2) is 5.52. The summed E-state index contributed by atoms with van der Waals surface area (Å²) in [5, 5.41) is 6.79. The first-order chi connectivity index (χ1) is 10.1. The molecule has 1 aliphatic carbocycles. The largest absolute Gasteiger partial charge is 0.333 e. The Kier molecular flexibility index (Phi) is 3.71. The average Bonchev–Trinajstić information content (AvgIpc) is 3.09. The van der Waals surface area contributed by atoms with Gasteiger partial charge in [-0.15, -0.1) is 0 Å². The molecule has 1 aromatic heterocycles. The van der Waals surface area contributed by atoms with Gasteiger partial charge in [-0.05, 0) is 37.1 Å². The summed E-state index contributed by atoms with van der Waals surface area (Å²) in [7, 11) is 1.77. The number of hydrogen-bond acceptors (Lipinski definition) is 2. The van der Waals surface area contributed by atoms with E-state index >= 15 is 0 Å². The predicted octanol–water partition coefficient (Wildman–Crippen LogP) is 3.41. The first kappa shape index (κ1) is 14.1. The van der Waals surface area contributed by atoms with Crippen LogP contribution in [0.5, 0.6) is 0 Å². The van der Waals surface area contributed by atoms with Crippen LogP contribution < -0.4 is 5.32 Å². The molecular formula is C15H16F3N3. The van der Waals surface area contributed by atoms with Crippen molar-refractivity contribution >= 4 is 0 Å². The first-order valence-corrected chi connectivity index (χ1v) is 6.86. The topological polar surface area (TPSA) is 29.9 Å². The van der Waals surface area contributed by atoms with Crippen LogP contribution in [0.3, 0.4) is 0 Å². The summed E-state index contributed by atoms with van der Waals surface area (Å²) in [6.45, 7) is -2.13. The van der Waals surface area contributed by atoms with Gasteiger partial charge in [0.2, 0.25) is 0 Å². The summed E-state index contributed by atoms with van der Waals surface area (Å²) in [5.41, 5.74) is 2.18. The van der Waals surface area contributed by atoms with E-state index in [2.05, 4.69) is 10.4 Å². The third kappa shape index (κ3) is 2.81. The maximum absolute atomic E-state index is 13.9. The maximum Gasteiger partial charge on any atom is 0.333 e. The molecule has 3 rings (SSSR count). The van der Waals surface area contributed by atoms with Crippen molar-refractivity contribution in [1.29, 1.82) is 0 Å². The molecule has 0 saturated heterocycles. The molecule has 1 heterocycles. The zero-order valence-electron chi connectivity index (χ0n) is 11.6. The van der Waals surface area contributed by atoms with E-state index in [-0.39, 0.29) is 17.7 Å². The van der Waals surface area contributed by atoms with Crippen molar-refractivity contribution in [3.05, 3.63) is 53.1 Å². The highest BCUT2D eigenvalue weighted by molar-refractivity contribution is 5.35. The molecule has 2 atom stereocenters. The molecule has 1 saturated carbocycles. The fourth-order valence-electron chi connectivity index (χ4n) is 2.68. The molecular weight excluding hydrogens is 279 g/mol. The summed E-state index contributed by atoms with van der Waals surface area (Å²) in [6, 6.07) is 6.84. The van der Waals surface area contributed by atoms with Crippen molar-refractivity contribution in [1.82, 2.24) is 15.1 Å². The van der Waals surface area contributed by atoms with Crippen LogP contribution in [0.15, 0.2) is 30.5 Å². The highest BCUT2D eigenvalue weighted by atomic mass is 19.3. The molecule has 21 heavy (non-hydrogen) atoms. The average molecular weight is 295 g/mol. The van der Waals surface area contributed by atoms with E-state index in [1.54, 1.807) is 25.2 Å². The van der Waals surface area contributed by atoms with Crippen molar-refractivity contribution in [2.45, 2.75) is 31.4 Å². The van der Waals surface area contributed by atoms with Crippen LogP contribution in [-0.2, 0) is 6.54 Å². The van der Waals surface area contributed by atoms with Gasteiger partial charge in [0.15, 0.2) is 0 Å². The Morgan fingerprint density at radius 1 is 1.33 bits per heavy atom. The van der Waals surface area contributed by atoms with Gasteiger partial charge in [-0.3, -0.25) is 0 Å². The molecule has 1 fully saturated rings. The van der Waals surface area contributed by atoms with Crippen molar-refractivity contribution in [3.8, 4) is 0 Å². The molecule has 0 radical (unpaired) electrons. The highest BCUT2D eigenvalue weighted by Crippen LogP contribution is 2.54. The van der Waals surface area contributed by atoms with Gasteiger partial charge in [0.1, 0.15) is 5.82 Å². The Morgan fingerprint density at radius 2 is 2.14 bits per heavy atom. The molecule has 1 aromatic carbocycles. The van der Waals surface area contributed by atoms with Gasteiger partial charge in [-0.1, -0.05) is 12.1 Å². The van der Waals surface area contributed by atoms with Crippen LogP contribution in [0.25, 0.3) is 0 Å². The van der Waals surface area contributed by atoms with Crippen LogP contribution in [0.1, 0.15) is 41.6 Å². The molecule has 0 bridgehead atoms. The first-order valence-electron chi connectivity index (χ1n) is 6.86. The molecule has 0 amide bonds. The lowest BCUT2D eigenvalue weighted by Crippen LogP contribution is -2.07. The number of alkyl halides is 2. The normalized spacial score (nSPS) is 21.0. The fraction of sp³-hybridized carbons (Fsp3) is 0.400. The number of benzene rings is 1. The highest BCUT2D eigenvalue weighted by Gasteiger charge is 2.41. The number of rotatable bonds is 5. The minimum atomic E-state index is -2.62. The zero-order valence-corrected chi connectivity index (χ0v) is 11.6. The van der Waals surface area contributed by atoms with Gasteiger partial charge in [0, 0.05) is 24.2 Å². The molecule has 3 nitrogen and oxygen atoms in total. The lowest BCUT2D eigenvalue weighted by molar-refractivity contribution is 0.0562. The standard InChI is InChI=1S/C15H16F3N3/c1-19-8-10-3-2-9(6-13(10)16)11-7-12(11)14-4-5-21(20-14)15(17)18/h2-6,11-12,15,19H,7-8H2,1H3/t11-,12+/m0/s1. The van der Waals surface area contributed by atoms with E-state index in [0.717, 1.165) is 12.0 Å². The smallest absolute Gasteiger partial charge is 0.316 e. The van der Waals surface area contributed by atoms with Crippen molar-refractivity contribution in [2.75, 3.05) is 7.05 Å². The summed E-state index contributed by atoms with van der Waals surface area (Å²) in [5.74, 6) is 0.0503. The summed E-state index contributed by atoms with van der Waals surface area (Å²) in [4.78, 5) is 0. The monoisotopic (exact) mass is 295 g/mol. The van der Waals surface area contributed by atoms with Crippen LogP contribution in [0, 0.1) is 5.82 Å². The van der Waals surface area contributed by atoms with E-state index in [1.165, 1.54) is 6.20 Å². The number of aromatic nitrogens is 2. The van der Waals surface area contributed by atoms with Gasteiger partial charge >= 0.3 is 6.55 Å². The van der Waals surface area contributed by atoms with E-state index < -0.39 is 6.55 Å². The second-order valence-corrected chi connectivity index (χ2v) is 5.33. The Balaban J connectivity index is 1.73. The number of nitrogens with one attached hydrogen (secondary N) is 1. The molecule has 0 unspecified atom stereocenters. The minimum Gasteiger partial charge on any atom is -0.316 e. The van der Waals surface area contributed by atoms with E-state index in [4.69, 9.17) is 0 Å². The summed E-state index contributed by atoms with van der Waals surface area (Å²) < 4.78 is 39.6.